The van der Waals surface area contributed by atoms with Gasteiger partial charge in [0.05, 0.1) is 0 Å². The van der Waals surface area contributed by atoms with E-state index >= 15 is 0 Å². The van der Waals surface area contributed by atoms with Crippen LogP contribution in [0.5, 0.6) is 0 Å². The number of carbonyl (C=O) groups is 4. The Balaban J connectivity index is 1.29. The van der Waals surface area contributed by atoms with Crippen molar-refractivity contribution in [2.75, 3.05) is 26.4 Å². The van der Waals surface area contributed by atoms with Gasteiger partial charge in [0.25, 0.3) is 11.8 Å². The molecule has 0 radical (unpaired) electrons. The minimum absolute atomic E-state index is 0.0106. The second-order valence-electron chi connectivity index (χ2n) is 7.36. The van der Waals surface area contributed by atoms with Crippen molar-refractivity contribution in [2.24, 2.45) is 0 Å². The maximum Gasteiger partial charge on any atom is 0.417 e. The van der Waals surface area contributed by atoms with Crippen LogP contribution in [0.1, 0.15) is 23.2 Å². The Bertz CT molecular complexity index is 1010. The van der Waals surface area contributed by atoms with Crippen LogP contribution in [-0.4, -0.2) is 60.2 Å². The number of ether oxygens (including phenoxy) is 2. The lowest BCUT2D eigenvalue weighted by Gasteiger charge is -2.20. The van der Waals surface area contributed by atoms with Gasteiger partial charge in [0.15, 0.2) is 0 Å². The van der Waals surface area contributed by atoms with Gasteiger partial charge < -0.3 is 18.5 Å². The highest BCUT2D eigenvalue weighted by atomic mass is 31.1. The van der Waals surface area contributed by atoms with Crippen LogP contribution in [0.3, 0.4) is 0 Å². The quantitative estimate of drug-likeness (QED) is 0.515. The van der Waals surface area contributed by atoms with Gasteiger partial charge in [-0.1, -0.05) is 60.7 Å². The Morgan fingerprint density at radius 1 is 0.765 bits per heavy atom. The van der Waals surface area contributed by atoms with E-state index in [-0.39, 0.29) is 13.2 Å². The highest BCUT2D eigenvalue weighted by Crippen LogP contribution is 2.31. The summed E-state index contributed by atoms with van der Waals surface area (Å²) in [6, 6.07) is 16.4. The number of amides is 4. The molecule has 2 saturated heterocycles. The predicted octanol–water partition coefficient (Wildman–Crippen LogP) is 2.85. The molecule has 178 valence electrons. The molecule has 0 aliphatic carbocycles. The van der Waals surface area contributed by atoms with Crippen molar-refractivity contribution in [3.05, 3.63) is 71.8 Å². The molecule has 12 heteroatoms. The van der Waals surface area contributed by atoms with Crippen LogP contribution in [0.15, 0.2) is 60.7 Å². The molecule has 2 aliphatic heterocycles. The van der Waals surface area contributed by atoms with E-state index in [2.05, 4.69) is 0 Å². The Morgan fingerprint density at radius 3 is 1.53 bits per heavy atom. The van der Waals surface area contributed by atoms with E-state index in [9.17, 15) is 23.7 Å². The number of nitrogens with zero attached hydrogens (tertiary/aromatic N) is 2. The van der Waals surface area contributed by atoms with Gasteiger partial charge in [-0.2, -0.15) is 0 Å². The van der Waals surface area contributed by atoms with Gasteiger partial charge in [-0.3, -0.25) is 14.2 Å². The van der Waals surface area contributed by atoms with E-state index < -0.39 is 57.6 Å². The van der Waals surface area contributed by atoms with E-state index in [0.717, 1.165) is 9.80 Å². The average molecular weight is 488 g/mol. The summed E-state index contributed by atoms with van der Waals surface area (Å²) in [6.45, 7) is -1.46. The molecule has 2 unspecified atom stereocenters. The van der Waals surface area contributed by atoms with Gasteiger partial charge in [0.1, 0.15) is 38.5 Å². The topological polar surface area (TPSA) is 129 Å². The molecule has 2 atom stereocenters. The summed E-state index contributed by atoms with van der Waals surface area (Å²) < 4.78 is 31.9. The normalized spacial score (nSPS) is 20.7. The lowest BCUT2D eigenvalue weighted by atomic mass is 10.1. The number of hydrogen-bond donors (Lipinski definition) is 0. The van der Waals surface area contributed by atoms with Crippen LogP contribution >= 0.6 is 8.25 Å². The molecule has 2 aromatic carbocycles. The molecule has 0 spiro atoms. The summed E-state index contributed by atoms with van der Waals surface area (Å²) in [5.74, 6) is -1.53. The van der Waals surface area contributed by atoms with Gasteiger partial charge in [-0.05, 0) is 11.1 Å². The standard InChI is InChI=1S/C22H21N2O9P/c25-19(23-17(11-30-21(23)27)15-7-3-1-4-8-15)13-32-34(29)33-14-20(26)24-18(12-31-22(24)28)16-9-5-2-6-10-16/h1-10,17-18,34H,11-14H2. The molecule has 4 rings (SSSR count). The van der Waals surface area contributed by atoms with Crippen molar-refractivity contribution >= 4 is 32.3 Å². The first kappa shape index (κ1) is 23.6. The highest BCUT2D eigenvalue weighted by Gasteiger charge is 2.40. The molecule has 11 nitrogen and oxygen atoms in total. The summed E-state index contributed by atoms with van der Waals surface area (Å²) in [5.41, 5.74) is 1.39. The van der Waals surface area contributed by atoms with Gasteiger partial charge in [-0.15, -0.1) is 0 Å². The van der Waals surface area contributed by atoms with E-state index in [1.54, 1.807) is 60.7 Å². The fraction of sp³-hybridized carbons (Fsp3) is 0.273. The zero-order valence-electron chi connectivity index (χ0n) is 17.8. The van der Waals surface area contributed by atoms with Gasteiger partial charge in [0, 0.05) is 0 Å². The highest BCUT2D eigenvalue weighted by molar-refractivity contribution is 7.33. The monoisotopic (exact) mass is 488 g/mol. The number of imide groups is 2. The molecule has 0 saturated carbocycles. The predicted molar refractivity (Wildman–Crippen MR) is 116 cm³/mol. The van der Waals surface area contributed by atoms with Crippen molar-refractivity contribution in [1.29, 1.82) is 0 Å². The number of benzene rings is 2. The van der Waals surface area contributed by atoms with E-state index in [1.165, 1.54) is 0 Å². The van der Waals surface area contributed by atoms with Gasteiger partial charge in [-0.25, -0.2) is 19.4 Å². The lowest BCUT2D eigenvalue weighted by Crippen LogP contribution is -2.37. The fourth-order valence-electron chi connectivity index (χ4n) is 3.66. The first-order chi connectivity index (χ1) is 16.5. The van der Waals surface area contributed by atoms with Crippen molar-refractivity contribution in [3.63, 3.8) is 0 Å². The van der Waals surface area contributed by atoms with Crippen LogP contribution in [0.25, 0.3) is 0 Å². The second-order valence-corrected chi connectivity index (χ2v) is 8.44. The van der Waals surface area contributed by atoms with Crippen molar-refractivity contribution in [1.82, 2.24) is 9.80 Å². The van der Waals surface area contributed by atoms with Gasteiger partial charge in [0.2, 0.25) is 0 Å². The van der Waals surface area contributed by atoms with Crippen LogP contribution in [0.4, 0.5) is 9.59 Å². The van der Waals surface area contributed by atoms with E-state index in [4.69, 9.17) is 18.5 Å². The lowest BCUT2D eigenvalue weighted by molar-refractivity contribution is -0.131. The molecular weight excluding hydrogens is 467 g/mol. The van der Waals surface area contributed by atoms with Crippen molar-refractivity contribution in [2.45, 2.75) is 12.1 Å². The van der Waals surface area contributed by atoms with E-state index in [0.29, 0.717) is 11.1 Å². The first-order valence-corrected chi connectivity index (χ1v) is 11.5. The summed E-state index contributed by atoms with van der Waals surface area (Å²) in [7, 11) is -3.28. The summed E-state index contributed by atoms with van der Waals surface area (Å²) >= 11 is 0. The number of rotatable bonds is 8. The maximum absolute atomic E-state index is 12.5. The summed E-state index contributed by atoms with van der Waals surface area (Å²) in [5, 5.41) is 0. The minimum atomic E-state index is -3.28. The zero-order chi connectivity index (χ0) is 24.1. The molecule has 34 heavy (non-hydrogen) atoms. The van der Waals surface area contributed by atoms with Crippen LogP contribution in [0.2, 0.25) is 0 Å². The minimum Gasteiger partial charge on any atom is -0.446 e. The van der Waals surface area contributed by atoms with Crippen molar-refractivity contribution < 1.29 is 42.3 Å². The van der Waals surface area contributed by atoms with Crippen LogP contribution in [0, 0.1) is 0 Å². The average Bonchev–Trinajstić information content (AvgIpc) is 3.44. The Labute approximate surface area is 195 Å². The molecule has 2 heterocycles. The SMILES string of the molecule is O=C(CO[PH](=O)OCC(=O)N1C(=O)OCC1c1ccccc1)N1C(=O)OCC1c1ccccc1. The second kappa shape index (κ2) is 10.6. The fourth-order valence-corrected chi connectivity index (χ4v) is 4.22. The first-order valence-electron chi connectivity index (χ1n) is 10.3. The largest absolute Gasteiger partial charge is 0.446 e. The number of cyclic esters (lactones) is 2. The number of carbonyl (C=O) groups excluding carboxylic acids is 4. The molecule has 2 fully saturated rings. The molecule has 4 amide bonds. The van der Waals surface area contributed by atoms with Crippen LogP contribution in [-0.2, 0) is 32.7 Å². The van der Waals surface area contributed by atoms with Gasteiger partial charge >= 0.3 is 20.4 Å². The molecule has 0 bridgehead atoms. The van der Waals surface area contributed by atoms with Crippen molar-refractivity contribution in [3.8, 4) is 0 Å². The molecule has 0 aromatic heterocycles. The number of hydrogen-bond acceptors (Lipinski definition) is 9. The van der Waals surface area contributed by atoms with E-state index in [1.807, 2.05) is 0 Å². The third-order valence-electron chi connectivity index (χ3n) is 5.28. The molecule has 2 aliphatic rings. The third-order valence-corrected chi connectivity index (χ3v) is 6.04. The maximum atomic E-state index is 12.5. The molecule has 2 aromatic rings. The van der Waals surface area contributed by atoms with Crippen LogP contribution < -0.4 is 0 Å². The Kier molecular flexibility index (Phi) is 7.36. The summed E-state index contributed by atoms with van der Waals surface area (Å²) in [4.78, 5) is 50.9. The zero-order valence-corrected chi connectivity index (χ0v) is 18.8. The Morgan fingerprint density at radius 2 is 1.15 bits per heavy atom. The third kappa shape index (κ3) is 5.17. The Hall–Kier alpha value is -3.53. The summed E-state index contributed by atoms with van der Waals surface area (Å²) in [6.07, 6.45) is -1.67. The molecule has 0 N–H and O–H groups in total. The molecular formula is C22H21N2O9P. The smallest absolute Gasteiger partial charge is 0.417 e.